The molecule has 0 radical (unpaired) electrons. The second kappa shape index (κ2) is 3.09. The third-order valence-electron chi connectivity index (χ3n) is 3.63. The molecule has 3 aliphatic heterocycles. The Hall–Kier alpha value is -0.920. The molecule has 0 aliphatic carbocycles. The molecule has 0 N–H and O–H groups in total. The predicted octanol–water partition coefficient (Wildman–Crippen LogP) is -0.257. The molecule has 94 valence electrons. The maximum absolute atomic E-state index is 11.7. The molecule has 0 aromatic carbocycles. The van der Waals surface area contributed by atoms with Crippen LogP contribution in [0.1, 0.15) is 13.3 Å². The normalized spacial score (nSPS) is 49.2. The molecule has 5 atom stereocenters. The van der Waals surface area contributed by atoms with Gasteiger partial charge in [0.1, 0.15) is 23.1 Å². The number of ether oxygens (including phenoxy) is 2. The first-order chi connectivity index (χ1) is 7.87. The van der Waals surface area contributed by atoms with Gasteiger partial charge in [0.15, 0.2) is 6.10 Å². The average molecular weight is 260 g/mol. The summed E-state index contributed by atoms with van der Waals surface area (Å²) in [7, 11) is -3.59. The van der Waals surface area contributed by atoms with Crippen LogP contribution >= 0.6 is 0 Å². The highest BCUT2D eigenvalue weighted by molar-refractivity contribution is 7.87. The van der Waals surface area contributed by atoms with E-state index in [0.717, 1.165) is 6.08 Å². The van der Waals surface area contributed by atoms with Crippen molar-refractivity contribution in [3.8, 4) is 0 Å². The summed E-state index contributed by atoms with van der Waals surface area (Å²) in [5, 5.41) is -0.629. The zero-order chi connectivity index (χ0) is 12.4. The Kier molecular flexibility index (Phi) is 2.04. The van der Waals surface area contributed by atoms with E-state index in [-0.39, 0.29) is 0 Å². The maximum Gasteiger partial charge on any atom is 0.330 e. The molecule has 3 aliphatic rings. The van der Waals surface area contributed by atoms with Gasteiger partial charge in [-0.1, -0.05) is 6.58 Å². The monoisotopic (exact) mass is 260 g/mol. The van der Waals surface area contributed by atoms with Gasteiger partial charge < -0.3 is 9.47 Å². The fraction of sp³-hybridized carbons (Fsp3) is 0.700. The molecule has 3 rings (SSSR count). The number of hydrogen-bond donors (Lipinski definition) is 0. The lowest BCUT2D eigenvalue weighted by molar-refractivity contribution is -0.154. The Morgan fingerprint density at radius 1 is 1.53 bits per heavy atom. The summed E-state index contributed by atoms with van der Waals surface area (Å²) in [4.78, 5) is 11.2. The third kappa shape index (κ3) is 1.33. The highest BCUT2D eigenvalue weighted by Crippen LogP contribution is 2.53. The Bertz CT molecular complexity index is 497. The van der Waals surface area contributed by atoms with Crippen LogP contribution in [0.2, 0.25) is 0 Å². The molecule has 3 fully saturated rings. The molecule has 2 bridgehead atoms. The fourth-order valence-electron chi connectivity index (χ4n) is 2.89. The molecule has 3 saturated heterocycles. The molecule has 0 amide bonds. The average Bonchev–Trinajstić information content (AvgIpc) is 2.77. The molecule has 0 aromatic heterocycles. The second-order valence-electron chi connectivity index (χ2n) is 4.75. The molecule has 7 heteroatoms. The van der Waals surface area contributed by atoms with Gasteiger partial charge in [-0.3, -0.25) is 4.18 Å². The Morgan fingerprint density at radius 2 is 2.24 bits per heavy atom. The summed E-state index contributed by atoms with van der Waals surface area (Å²) in [6.07, 6.45) is -0.589. The molecule has 5 unspecified atom stereocenters. The van der Waals surface area contributed by atoms with E-state index in [1.54, 1.807) is 6.92 Å². The highest BCUT2D eigenvalue weighted by atomic mass is 32.2. The van der Waals surface area contributed by atoms with E-state index in [4.69, 9.17) is 13.7 Å². The highest BCUT2D eigenvalue weighted by Gasteiger charge is 2.72. The maximum atomic E-state index is 11.7. The van der Waals surface area contributed by atoms with Crippen LogP contribution < -0.4 is 0 Å². The summed E-state index contributed by atoms with van der Waals surface area (Å²) in [5.41, 5.74) is -0.776. The van der Waals surface area contributed by atoms with Gasteiger partial charge in [0.05, 0.1) is 0 Å². The summed E-state index contributed by atoms with van der Waals surface area (Å²) < 4.78 is 39.1. The zero-order valence-electron chi connectivity index (χ0n) is 9.16. The summed E-state index contributed by atoms with van der Waals surface area (Å²) in [5.74, 6) is -0.600. The Labute approximate surface area is 98.7 Å². The smallest absolute Gasteiger partial charge is 0.330 e. The minimum atomic E-state index is -3.59. The topological polar surface area (TPSA) is 78.9 Å². The van der Waals surface area contributed by atoms with Crippen molar-refractivity contribution in [3.05, 3.63) is 12.7 Å². The van der Waals surface area contributed by atoms with E-state index in [1.165, 1.54) is 0 Å². The van der Waals surface area contributed by atoms with E-state index >= 15 is 0 Å². The lowest BCUT2D eigenvalue weighted by atomic mass is 9.85. The standard InChI is InChI=1S/C10H12O6S/c1-3-6(11)14-9-8-7-5(17(12,13)16-8)4-10(9,2)15-7/h3,5,7-9H,1,4H2,2H3. The Morgan fingerprint density at radius 3 is 2.88 bits per heavy atom. The first kappa shape index (κ1) is 11.2. The van der Waals surface area contributed by atoms with Crippen molar-refractivity contribution < 1.29 is 26.9 Å². The van der Waals surface area contributed by atoms with Crippen LogP contribution in [0, 0.1) is 0 Å². The van der Waals surface area contributed by atoms with Gasteiger partial charge in [-0.2, -0.15) is 8.42 Å². The minimum absolute atomic E-state index is 0.297. The van der Waals surface area contributed by atoms with E-state index in [9.17, 15) is 13.2 Å². The molecule has 17 heavy (non-hydrogen) atoms. The minimum Gasteiger partial charge on any atom is -0.453 e. The number of hydrogen-bond acceptors (Lipinski definition) is 6. The zero-order valence-corrected chi connectivity index (χ0v) is 9.98. The molecule has 0 saturated carbocycles. The van der Waals surface area contributed by atoms with Crippen molar-refractivity contribution in [2.75, 3.05) is 0 Å². The molecule has 3 heterocycles. The van der Waals surface area contributed by atoms with Crippen LogP contribution in [-0.2, 0) is 28.6 Å². The van der Waals surface area contributed by atoms with Gasteiger partial charge >= 0.3 is 5.97 Å². The van der Waals surface area contributed by atoms with Gasteiger partial charge in [0.25, 0.3) is 10.1 Å². The second-order valence-corrected chi connectivity index (χ2v) is 6.54. The lowest BCUT2D eigenvalue weighted by Crippen LogP contribution is -2.47. The first-order valence-electron chi connectivity index (χ1n) is 5.30. The van der Waals surface area contributed by atoms with Crippen molar-refractivity contribution >= 4 is 16.1 Å². The number of rotatable bonds is 2. The number of carbonyl (C=O) groups is 1. The first-order valence-corrected chi connectivity index (χ1v) is 6.77. The molecular formula is C10H12O6S. The van der Waals surface area contributed by atoms with Gasteiger partial charge in [-0.05, 0) is 6.92 Å². The van der Waals surface area contributed by atoms with Gasteiger partial charge in [0, 0.05) is 12.5 Å². The van der Waals surface area contributed by atoms with Crippen LogP contribution in [0.4, 0.5) is 0 Å². The van der Waals surface area contributed by atoms with Gasteiger partial charge in [0.2, 0.25) is 0 Å². The van der Waals surface area contributed by atoms with Crippen LogP contribution in [0.15, 0.2) is 12.7 Å². The third-order valence-corrected chi connectivity index (χ3v) is 5.30. The molecule has 6 nitrogen and oxygen atoms in total. The quantitative estimate of drug-likeness (QED) is 0.387. The molecule has 0 spiro atoms. The Balaban J connectivity index is 1.94. The van der Waals surface area contributed by atoms with Crippen molar-refractivity contribution in [1.29, 1.82) is 0 Å². The summed E-state index contributed by atoms with van der Waals surface area (Å²) in [6, 6.07) is 0. The largest absolute Gasteiger partial charge is 0.453 e. The van der Waals surface area contributed by atoms with Crippen molar-refractivity contribution in [3.63, 3.8) is 0 Å². The van der Waals surface area contributed by atoms with E-state index in [0.29, 0.717) is 6.42 Å². The van der Waals surface area contributed by atoms with E-state index < -0.39 is 45.3 Å². The van der Waals surface area contributed by atoms with Crippen molar-refractivity contribution in [2.45, 2.75) is 42.5 Å². The lowest BCUT2D eigenvalue weighted by Gasteiger charge is -2.28. The SMILES string of the molecule is C=CC(=O)OC1C2OS(=O)(=O)C3CC1(C)OC23. The fourth-order valence-corrected chi connectivity index (χ4v) is 4.63. The van der Waals surface area contributed by atoms with Gasteiger partial charge in [-0.15, -0.1) is 0 Å². The van der Waals surface area contributed by atoms with Crippen LogP contribution in [0.25, 0.3) is 0 Å². The van der Waals surface area contributed by atoms with Gasteiger partial charge in [-0.25, -0.2) is 4.79 Å². The van der Waals surface area contributed by atoms with Crippen LogP contribution in [0.3, 0.4) is 0 Å². The molecule has 0 aromatic rings. The van der Waals surface area contributed by atoms with Crippen LogP contribution in [0.5, 0.6) is 0 Å². The number of esters is 1. The molecular weight excluding hydrogens is 248 g/mol. The van der Waals surface area contributed by atoms with Crippen LogP contribution in [-0.4, -0.2) is 43.5 Å². The number of fused-ring (bicyclic) bond motifs is 1. The van der Waals surface area contributed by atoms with Crippen molar-refractivity contribution in [2.24, 2.45) is 0 Å². The predicted molar refractivity (Wildman–Crippen MR) is 55.6 cm³/mol. The van der Waals surface area contributed by atoms with E-state index in [1.807, 2.05) is 0 Å². The van der Waals surface area contributed by atoms with Crippen molar-refractivity contribution in [1.82, 2.24) is 0 Å². The van der Waals surface area contributed by atoms with E-state index in [2.05, 4.69) is 6.58 Å². The number of carbonyl (C=O) groups excluding carboxylic acids is 1. The summed E-state index contributed by atoms with van der Waals surface area (Å²) in [6.45, 7) is 5.04. The summed E-state index contributed by atoms with van der Waals surface area (Å²) >= 11 is 0.